The summed E-state index contributed by atoms with van der Waals surface area (Å²) in [6.07, 6.45) is 0. The molecule has 6 heteroatoms. The van der Waals surface area contributed by atoms with Crippen molar-refractivity contribution in [2.75, 3.05) is 11.9 Å². The largest absolute Gasteiger partial charge is 0.407 e. The lowest BCUT2D eigenvalue weighted by Gasteiger charge is -2.13. The van der Waals surface area contributed by atoms with E-state index in [0.29, 0.717) is 18.5 Å². The van der Waals surface area contributed by atoms with Crippen molar-refractivity contribution in [2.45, 2.75) is 12.4 Å². The Labute approximate surface area is 113 Å². The van der Waals surface area contributed by atoms with E-state index in [-0.39, 0.29) is 5.88 Å². The molecule has 1 aromatic heterocycles. The zero-order valence-electron chi connectivity index (χ0n) is 9.23. The van der Waals surface area contributed by atoms with E-state index < -0.39 is 0 Å². The monoisotopic (exact) mass is 315 g/mol. The average Bonchev–Trinajstić information content (AvgIpc) is 2.77. The van der Waals surface area contributed by atoms with Gasteiger partial charge in [0.25, 0.3) is 0 Å². The van der Waals surface area contributed by atoms with Gasteiger partial charge in [-0.25, -0.2) is 0 Å². The fourth-order valence-electron chi connectivity index (χ4n) is 1.43. The van der Waals surface area contributed by atoms with E-state index in [2.05, 4.69) is 32.2 Å². The molecule has 0 saturated carbocycles. The molecule has 0 radical (unpaired) electrons. The molecule has 0 unspecified atom stereocenters. The van der Waals surface area contributed by atoms with Crippen molar-refractivity contribution in [1.29, 1.82) is 0 Å². The van der Waals surface area contributed by atoms with Crippen LogP contribution in [-0.2, 0) is 12.4 Å². The lowest BCUT2D eigenvalue weighted by Crippen LogP contribution is -2.16. The Bertz CT molecular complexity index is 503. The van der Waals surface area contributed by atoms with Crippen molar-refractivity contribution in [3.05, 3.63) is 40.2 Å². The van der Waals surface area contributed by atoms with Crippen LogP contribution in [0, 0.1) is 0 Å². The Morgan fingerprint density at radius 1 is 1.41 bits per heavy atom. The van der Waals surface area contributed by atoms with Crippen LogP contribution >= 0.6 is 27.5 Å². The minimum absolute atomic E-state index is 0.234. The first-order valence-corrected chi connectivity index (χ1v) is 6.35. The summed E-state index contributed by atoms with van der Waals surface area (Å²) < 4.78 is 6.41. The van der Waals surface area contributed by atoms with Gasteiger partial charge in [-0.15, -0.1) is 16.7 Å². The van der Waals surface area contributed by atoms with Crippen LogP contribution in [0.2, 0.25) is 0 Å². The number of aromatic nitrogens is 2. The normalized spacial score (nSPS) is 10.5. The van der Waals surface area contributed by atoms with Gasteiger partial charge in [0.15, 0.2) is 0 Å². The van der Waals surface area contributed by atoms with E-state index in [4.69, 9.17) is 16.0 Å². The molecule has 1 heterocycles. The quantitative estimate of drug-likeness (QED) is 0.812. The van der Waals surface area contributed by atoms with E-state index in [1.54, 1.807) is 0 Å². The lowest BCUT2D eigenvalue weighted by atomic mass is 10.2. The maximum absolute atomic E-state index is 5.60. The highest BCUT2D eigenvalue weighted by atomic mass is 79.9. The number of rotatable bonds is 4. The number of benzene rings is 1. The SMILES string of the molecule is CN(Cc1cccc(Br)c1)c1nnc(CCl)o1. The number of alkyl halides is 1. The third kappa shape index (κ3) is 3.20. The predicted octanol–water partition coefficient (Wildman–Crippen LogP) is 3.21. The molecule has 1 aromatic carbocycles. The van der Waals surface area contributed by atoms with Crippen LogP contribution in [0.4, 0.5) is 6.01 Å². The third-order valence-electron chi connectivity index (χ3n) is 2.21. The van der Waals surface area contributed by atoms with Gasteiger partial charge < -0.3 is 9.32 Å². The zero-order chi connectivity index (χ0) is 12.3. The van der Waals surface area contributed by atoms with Crippen LogP contribution in [0.5, 0.6) is 0 Å². The standard InChI is InChI=1S/C11H11BrClN3O/c1-16(11-15-14-10(6-13)17-11)7-8-3-2-4-9(12)5-8/h2-5H,6-7H2,1H3. The highest BCUT2D eigenvalue weighted by molar-refractivity contribution is 9.10. The number of hydrogen-bond donors (Lipinski definition) is 0. The van der Waals surface area contributed by atoms with Crippen LogP contribution in [-0.4, -0.2) is 17.2 Å². The smallest absolute Gasteiger partial charge is 0.318 e. The maximum Gasteiger partial charge on any atom is 0.318 e. The van der Waals surface area contributed by atoms with Gasteiger partial charge in [0.2, 0.25) is 5.89 Å². The van der Waals surface area contributed by atoms with Gasteiger partial charge in [0, 0.05) is 18.1 Å². The van der Waals surface area contributed by atoms with Crippen molar-refractivity contribution in [1.82, 2.24) is 10.2 Å². The average molecular weight is 317 g/mol. The molecule has 2 aromatic rings. The second-order valence-corrected chi connectivity index (χ2v) is 4.78. The first-order valence-electron chi connectivity index (χ1n) is 5.03. The van der Waals surface area contributed by atoms with Gasteiger partial charge >= 0.3 is 6.01 Å². The fourth-order valence-corrected chi connectivity index (χ4v) is 1.98. The molecule has 2 rings (SSSR count). The second-order valence-electron chi connectivity index (χ2n) is 3.60. The van der Waals surface area contributed by atoms with Gasteiger partial charge in [0.1, 0.15) is 5.88 Å². The van der Waals surface area contributed by atoms with Crippen molar-refractivity contribution in [2.24, 2.45) is 0 Å². The molecular formula is C11H11BrClN3O. The topological polar surface area (TPSA) is 42.2 Å². The van der Waals surface area contributed by atoms with Crippen molar-refractivity contribution in [3.8, 4) is 0 Å². The van der Waals surface area contributed by atoms with E-state index in [1.165, 1.54) is 0 Å². The Kier molecular flexibility index (Phi) is 4.02. The first-order chi connectivity index (χ1) is 8.19. The molecule has 0 saturated heterocycles. The molecule has 17 heavy (non-hydrogen) atoms. The van der Waals surface area contributed by atoms with E-state index in [0.717, 1.165) is 10.0 Å². The van der Waals surface area contributed by atoms with Crippen LogP contribution in [0.3, 0.4) is 0 Å². The molecule has 4 nitrogen and oxygen atoms in total. The number of anilines is 1. The van der Waals surface area contributed by atoms with Crippen molar-refractivity contribution >= 4 is 33.5 Å². The minimum Gasteiger partial charge on any atom is -0.407 e. The Balaban J connectivity index is 2.08. The summed E-state index contributed by atoms with van der Waals surface area (Å²) in [6, 6.07) is 8.54. The summed E-state index contributed by atoms with van der Waals surface area (Å²) in [6.45, 7) is 0.698. The minimum atomic E-state index is 0.234. The van der Waals surface area contributed by atoms with Crippen LogP contribution in [0.1, 0.15) is 11.5 Å². The summed E-state index contributed by atoms with van der Waals surface area (Å²) >= 11 is 9.04. The first kappa shape index (κ1) is 12.4. The molecule has 0 aliphatic heterocycles. The summed E-state index contributed by atoms with van der Waals surface area (Å²) in [5.74, 6) is 0.667. The van der Waals surface area contributed by atoms with E-state index in [1.807, 2.05) is 30.1 Å². The van der Waals surface area contributed by atoms with Gasteiger partial charge in [0.05, 0.1) is 0 Å². The molecular weight excluding hydrogens is 305 g/mol. The van der Waals surface area contributed by atoms with Gasteiger partial charge in [-0.05, 0) is 17.7 Å². The molecule has 0 spiro atoms. The molecule has 0 aliphatic carbocycles. The Hall–Kier alpha value is -1.07. The summed E-state index contributed by atoms with van der Waals surface area (Å²) in [7, 11) is 1.90. The van der Waals surface area contributed by atoms with E-state index >= 15 is 0 Å². The Morgan fingerprint density at radius 3 is 2.88 bits per heavy atom. The molecule has 0 atom stereocenters. The Morgan fingerprint density at radius 2 is 2.24 bits per heavy atom. The summed E-state index contributed by atoms with van der Waals surface area (Å²) in [4.78, 5) is 1.88. The van der Waals surface area contributed by atoms with Crippen LogP contribution < -0.4 is 4.90 Å². The van der Waals surface area contributed by atoms with Crippen molar-refractivity contribution in [3.63, 3.8) is 0 Å². The third-order valence-corrected chi connectivity index (χ3v) is 2.93. The molecule has 90 valence electrons. The van der Waals surface area contributed by atoms with Gasteiger partial charge in [-0.2, -0.15) is 0 Å². The van der Waals surface area contributed by atoms with Gasteiger partial charge in [-0.1, -0.05) is 33.2 Å². The molecule has 0 fully saturated rings. The van der Waals surface area contributed by atoms with Crippen LogP contribution in [0.25, 0.3) is 0 Å². The molecule has 0 aliphatic rings. The zero-order valence-corrected chi connectivity index (χ0v) is 11.6. The molecule has 0 amide bonds. The number of halogens is 2. The molecule has 0 N–H and O–H groups in total. The second kappa shape index (κ2) is 5.51. The number of nitrogens with zero attached hydrogens (tertiary/aromatic N) is 3. The highest BCUT2D eigenvalue weighted by Gasteiger charge is 2.10. The fraction of sp³-hybridized carbons (Fsp3) is 0.273. The van der Waals surface area contributed by atoms with Crippen LogP contribution in [0.15, 0.2) is 33.2 Å². The summed E-state index contributed by atoms with van der Waals surface area (Å²) in [5.41, 5.74) is 1.16. The van der Waals surface area contributed by atoms with E-state index in [9.17, 15) is 0 Å². The number of hydrogen-bond acceptors (Lipinski definition) is 4. The van der Waals surface area contributed by atoms with Crippen molar-refractivity contribution < 1.29 is 4.42 Å². The summed E-state index contributed by atoms with van der Waals surface area (Å²) in [5, 5.41) is 7.73. The maximum atomic E-state index is 5.60. The molecule has 0 bridgehead atoms. The highest BCUT2D eigenvalue weighted by Crippen LogP contribution is 2.17. The van der Waals surface area contributed by atoms with Gasteiger partial charge in [-0.3, -0.25) is 0 Å². The predicted molar refractivity (Wildman–Crippen MR) is 70.1 cm³/mol. The lowest BCUT2D eigenvalue weighted by molar-refractivity contribution is 0.506.